The van der Waals surface area contributed by atoms with E-state index in [-0.39, 0.29) is 11.4 Å². The van der Waals surface area contributed by atoms with Crippen molar-refractivity contribution < 1.29 is 14.3 Å². The minimum atomic E-state index is -1.19. The molecule has 0 amide bonds. The first-order valence-electron chi connectivity index (χ1n) is 4.47. The van der Waals surface area contributed by atoms with E-state index in [0.717, 1.165) is 12.1 Å². The Morgan fingerprint density at radius 3 is 2.81 bits per heavy atom. The zero-order valence-electron chi connectivity index (χ0n) is 8.38. The van der Waals surface area contributed by atoms with Gasteiger partial charge in [0, 0.05) is 18.8 Å². The molecular formula is C10H8FN3O2. The van der Waals surface area contributed by atoms with Crippen LogP contribution in [0.15, 0.2) is 24.5 Å². The van der Waals surface area contributed by atoms with Crippen LogP contribution in [0.3, 0.4) is 0 Å². The SMILES string of the molecule is Cn1cc(-c2nc(C(=O)O)ccc2F)cn1. The fourth-order valence-electron chi connectivity index (χ4n) is 1.31. The molecule has 0 saturated heterocycles. The van der Waals surface area contributed by atoms with Crippen molar-refractivity contribution in [2.45, 2.75) is 0 Å². The van der Waals surface area contributed by atoms with Gasteiger partial charge < -0.3 is 5.11 Å². The number of nitrogens with zero attached hydrogens (tertiary/aromatic N) is 3. The van der Waals surface area contributed by atoms with Crippen molar-refractivity contribution in [2.75, 3.05) is 0 Å². The second kappa shape index (κ2) is 3.73. The van der Waals surface area contributed by atoms with Crippen LogP contribution in [0, 0.1) is 5.82 Å². The normalized spacial score (nSPS) is 10.4. The molecule has 0 aliphatic rings. The lowest BCUT2D eigenvalue weighted by Gasteiger charge is -2.00. The first-order valence-corrected chi connectivity index (χ1v) is 4.47. The number of aromatic carboxylic acids is 1. The fourth-order valence-corrected chi connectivity index (χ4v) is 1.31. The number of carbonyl (C=O) groups is 1. The molecule has 0 unspecified atom stereocenters. The van der Waals surface area contributed by atoms with Crippen molar-refractivity contribution in [2.24, 2.45) is 7.05 Å². The predicted octanol–water partition coefficient (Wildman–Crippen LogP) is 1.32. The van der Waals surface area contributed by atoms with Crippen molar-refractivity contribution >= 4 is 5.97 Å². The third-order valence-electron chi connectivity index (χ3n) is 2.04. The van der Waals surface area contributed by atoms with E-state index in [2.05, 4.69) is 10.1 Å². The lowest BCUT2D eigenvalue weighted by atomic mass is 10.2. The Labute approximate surface area is 90.2 Å². The number of aryl methyl sites for hydroxylation is 1. The first kappa shape index (κ1) is 10.3. The largest absolute Gasteiger partial charge is 0.477 e. The first-order chi connectivity index (χ1) is 7.58. The minimum Gasteiger partial charge on any atom is -0.477 e. The Balaban J connectivity index is 2.55. The highest BCUT2D eigenvalue weighted by Gasteiger charge is 2.12. The van der Waals surface area contributed by atoms with Crippen molar-refractivity contribution in [1.29, 1.82) is 0 Å². The molecule has 2 aromatic heterocycles. The van der Waals surface area contributed by atoms with Gasteiger partial charge in [-0.25, -0.2) is 14.2 Å². The maximum atomic E-state index is 13.4. The number of carboxylic acids is 1. The molecule has 0 aliphatic heterocycles. The van der Waals surface area contributed by atoms with Crippen molar-refractivity contribution in [3.8, 4) is 11.3 Å². The molecule has 0 spiro atoms. The summed E-state index contributed by atoms with van der Waals surface area (Å²) in [6.45, 7) is 0. The molecule has 0 aliphatic carbocycles. The zero-order valence-corrected chi connectivity index (χ0v) is 8.38. The Morgan fingerprint density at radius 2 is 2.25 bits per heavy atom. The molecule has 0 saturated carbocycles. The van der Waals surface area contributed by atoms with Crippen LogP contribution in [0.1, 0.15) is 10.5 Å². The van der Waals surface area contributed by atoms with E-state index in [1.807, 2.05) is 0 Å². The summed E-state index contributed by atoms with van der Waals surface area (Å²) in [5.74, 6) is -1.76. The number of halogens is 1. The average Bonchev–Trinajstić information content (AvgIpc) is 2.65. The monoisotopic (exact) mass is 221 g/mol. The van der Waals surface area contributed by atoms with E-state index in [9.17, 15) is 9.18 Å². The van der Waals surface area contributed by atoms with Crippen LogP contribution >= 0.6 is 0 Å². The Hall–Kier alpha value is -2.24. The number of pyridine rings is 1. The molecule has 2 heterocycles. The van der Waals surface area contributed by atoms with Gasteiger partial charge in [-0.15, -0.1) is 0 Å². The van der Waals surface area contributed by atoms with Gasteiger partial charge in [0.25, 0.3) is 0 Å². The molecule has 0 radical (unpaired) electrons. The lowest BCUT2D eigenvalue weighted by Crippen LogP contribution is -2.02. The zero-order chi connectivity index (χ0) is 11.7. The van der Waals surface area contributed by atoms with Crippen LogP contribution in [0.2, 0.25) is 0 Å². The van der Waals surface area contributed by atoms with Gasteiger partial charge in [0.1, 0.15) is 17.2 Å². The highest BCUT2D eigenvalue weighted by atomic mass is 19.1. The van der Waals surface area contributed by atoms with Crippen LogP contribution in [-0.2, 0) is 7.05 Å². The van der Waals surface area contributed by atoms with Crippen molar-refractivity contribution in [3.63, 3.8) is 0 Å². The van der Waals surface area contributed by atoms with Gasteiger partial charge in [-0.3, -0.25) is 4.68 Å². The van der Waals surface area contributed by atoms with E-state index in [1.165, 1.54) is 10.9 Å². The van der Waals surface area contributed by atoms with Gasteiger partial charge in [0.2, 0.25) is 0 Å². The molecule has 0 atom stereocenters. The number of rotatable bonds is 2. The Bertz CT molecular complexity index is 551. The summed E-state index contributed by atoms with van der Waals surface area (Å²) >= 11 is 0. The highest BCUT2D eigenvalue weighted by Crippen LogP contribution is 2.19. The van der Waals surface area contributed by atoms with Crippen LogP contribution in [0.4, 0.5) is 4.39 Å². The lowest BCUT2D eigenvalue weighted by molar-refractivity contribution is 0.0690. The Morgan fingerprint density at radius 1 is 1.50 bits per heavy atom. The van der Waals surface area contributed by atoms with Crippen molar-refractivity contribution in [1.82, 2.24) is 14.8 Å². The summed E-state index contributed by atoms with van der Waals surface area (Å²) in [6.07, 6.45) is 2.99. The maximum absolute atomic E-state index is 13.4. The van der Waals surface area contributed by atoms with Crippen LogP contribution in [0.5, 0.6) is 0 Å². The molecule has 0 fully saturated rings. The summed E-state index contributed by atoms with van der Waals surface area (Å²) in [6, 6.07) is 2.20. The molecule has 0 bridgehead atoms. The molecule has 0 aromatic carbocycles. The smallest absolute Gasteiger partial charge is 0.354 e. The van der Waals surface area contributed by atoms with E-state index >= 15 is 0 Å². The maximum Gasteiger partial charge on any atom is 0.354 e. The summed E-state index contributed by atoms with van der Waals surface area (Å²) in [7, 11) is 1.68. The van der Waals surface area contributed by atoms with Gasteiger partial charge >= 0.3 is 5.97 Å². The second-order valence-electron chi connectivity index (χ2n) is 3.23. The molecular weight excluding hydrogens is 213 g/mol. The predicted molar refractivity (Wildman–Crippen MR) is 53.4 cm³/mol. The molecule has 2 rings (SSSR count). The third-order valence-corrected chi connectivity index (χ3v) is 2.04. The van der Waals surface area contributed by atoms with Crippen LogP contribution in [0.25, 0.3) is 11.3 Å². The second-order valence-corrected chi connectivity index (χ2v) is 3.23. The van der Waals surface area contributed by atoms with Gasteiger partial charge in [-0.05, 0) is 12.1 Å². The topological polar surface area (TPSA) is 68.0 Å². The number of hydrogen-bond donors (Lipinski definition) is 1. The van der Waals surface area contributed by atoms with E-state index in [0.29, 0.717) is 5.56 Å². The van der Waals surface area contributed by atoms with Gasteiger partial charge in [-0.2, -0.15) is 5.10 Å². The van der Waals surface area contributed by atoms with Crippen LogP contribution < -0.4 is 0 Å². The van der Waals surface area contributed by atoms with Crippen LogP contribution in [-0.4, -0.2) is 25.8 Å². The van der Waals surface area contributed by atoms with Gasteiger partial charge in [-0.1, -0.05) is 0 Å². The quantitative estimate of drug-likeness (QED) is 0.830. The summed E-state index contributed by atoms with van der Waals surface area (Å²) in [4.78, 5) is 14.4. The van der Waals surface area contributed by atoms with E-state index in [4.69, 9.17) is 5.11 Å². The summed E-state index contributed by atoms with van der Waals surface area (Å²) in [5.41, 5.74) is 0.247. The Kier molecular flexibility index (Phi) is 2.40. The standard InChI is InChI=1S/C10H8FN3O2/c1-14-5-6(4-12-14)9-7(11)2-3-8(13-9)10(15)16/h2-5H,1H3,(H,15,16). The average molecular weight is 221 g/mol. The summed E-state index contributed by atoms with van der Waals surface area (Å²) < 4.78 is 14.9. The highest BCUT2D eigenvalue weighted by molar-refractivity contribution is 5.86. The van der Waals surface area contributed by atoms with Gasteiger partial charge in [0.05, 0.1) is 6.20 Å². The molecule has 1 N–H and O–H groups in total. The number of aromatic nitrogens is 3. The fraction of sp³-hybridized carbons (Fsp3) is 0.100. The summed E-state index contributed by atoms with van der Waals surface area (Å²) in [5, 5.41) is 12.6. The molecule has 6 heteroatoms. The van der Waals surface area contributed by atoms with E-state index < -0.39 is 11.8 Å². The molecule has 16 heavy (non-hydrogen) atoms. The van der Waals surface area contributed by atoms with E-state index in [1.54, 1.807) is 13.2 Å². The number of hydrogen-bond acceptors (Lipinski definition) is 3. The van der Waals surface area contributed by atoms with Gasteiger partial charge in [0.15, 0.2) is 0 Å². The molecule has 82 valence electrons. The van der Waals surface area contributed by atoms with Crippen molar-refractivity contribution in [3.05, 3.63) is 36.0 Å². The molecule has 2 aromatic rings. The molecule has 5 nitrogen and oxygen atoms in total. The minimum absolute atomic E-state index is 0.00648. The number of carboxylic acid groups (broad SMARTS) is 1. The third kappa shape index (κ3) is 1.77.